The number of hydrogen-bond acceptors (Lipinski definition) is 3. The van der Waals surface area contributed by atoms with Crippen LogP contribution in [-0.2, 0) is 5.41 Å². The lowest BCUT2D eigenvalue weighted by molar-refractivity contribution is 0.619. The highest BCUT2D eigenvalue weighted by Crippen LogP contribution is 2.50. The molecule has 45 heavy (non-hydrogen) atoms. The third-order valence-electron chi connectivity index (χ3n) is 9.72. The second kappa shape index (κ2) is 9.73. The zero-order chi connectivity index (χ0) is 30.1. The molecule has 0 amide bonds. The summed E-state index contributed by atoms with van der Waals surface area (Å²) < 4.78 is 6.59. The number of furan rings is 1. The average Bonchev–Trinajstić information content (AvgIpc) is 3.58. The van der Waals surface area contributed by atoms with Crippen LogP contribution in [0.1, 0.15) is 30.5 Å². The Bertz CT molecular complexity index is 2270. The van der Waals surface area contributed by atoms with Crippen molar-refractivity contribution in [2.24, 2.45) is 0 Å². The Kier molecular flexibility index (Phi) is 5.61. The van der Waals surface area contributed by atoms with Crippen LogP contribution < -0.4 is 10.2 Å². The van der Waals surface area contributed by atoms with E-state index in [1.807, 2.05) is 0 Å². The van der Waals surface area contributed by atoms with Gasteiger partial charge in [-0.2, -0.15) is 0 Å². The number of nitrogens with zero attached hydrogens (tertiary/aromatic N) is 1. The molecule has 6 aromatic carbocycles. The van der Waals surface area contributed by atoms with Gasteiger partial charge >= 0.3 is 0 Å². The predicted octanol–water partition coefficient (Wildman–Crippen LogP) is 11.2. The van der Waals surface area contributed by atoms with Crippen LogP contribution in [0, 0.1) is 0 Å². The maximum Gasteiger partial charge on any atom is 0.203 e. The molecule has 0 radical (unpaired) electrons. The molecule has 1 N–H and O–H groups in total. The Morgan fingerprint density at radius 1 is 0.622 bits per heavy atom. The Balaban J connectivity index is 1.17. The summed E-state index contributed by atoms with van der Waals surface area (Å²) in [6, 6.07) is 48.0. The molecule has 1 aromatic heterocycles. The summed E-state index contributed by atoms with van der Waals surface area (Å²) in [6.45, 7) is 4.66. The molecule has 9 rings (SSSR count). The zero-order valence-corrected chi connectivity index (χ0v) is 25.3. The molecular formula is C42H32N2O. The molecule has 1 aliphatic heterocycles. The van der Waals surface area contributed by atoms with Gasteiger partial charge in [0, 0.05) is 33.1 Å². The quantitative estimate of drug-likeness (QED) is 0.224. The van der Waals surface area contributed by atoms with Crippen molar-refractivity contribution in [2.45, 2.75) is 25.4 Å². The molecule has 1 atom stereocenters. The molecule has 216 valence electrons. The lowest BCUT2D eigenvalue weighted by Gasteiger charge is -2.34. The van der Waals surface area contributed by atoms with Gasteiger partial charge in [-0.25, -0.2) is 0 Å². The highest BCUT2D eigenvalue weighted by molar-refractivity contribution is 6.09. The topological polar surface area (TPSA) is 28.4 Å². The Morgan fingerprint density at radius 2 is 1.33 bits per heavy atom. The van der Waals surface area contributed by atoms with Gasteiger partial charge in [0.2, 0.25) is 5.88 Å². The fourth-order valence-corrected chi connectivity index (χ4v) is 7.41. The van der Waals surface area contributed by atoms with E-state index in [4.69, 9.17) is 4.42 Å². The standard InChI is InChI=1S/C42H32N2O/c1-42(2)37-15-9-8-14-33(37)36-26-31(21-24-38(36)42)44(30-19-16-28(17-20-30)27-10-4-3-5-11-27)39-25-23-35-34-22-18-29-12-6-7-13-32(29)40(34)45-41(35)43-39/h3-26,39,43H,1-2H3. The smallest absolute Gasteiger partial charge is 0.203 e. The second-order valence-electron chi connectivity index (χ2n) is 12.6. The molecule has 0 bridgehead atoms. The van der Waals surface area contributed by atoms with Crippen molar-refractivity contribution >= 4 is 45.1 Å². The summed E-state index contributed by atoms with van der Waals surface area (Å²) in [5.41, 5.74) is 12.0. The van der Waals surface area contributed by atoms with Gasteiger partial charge in [0.05, 0.1) is 0 Å². The first kappa shape index (κ1) is 25.9. The molecule has 0 saturated heterocycles. The van der Waals surface area contributed by atoms with Crippen LogP contribution in [0.25, 0.3) is 50.1 Å². The number of benzene rings is 6. The van der Waals surface area contributed by atoms with E-state index in [0.29, 0.717) is 0 Å². The SMILES string of the molecule is CC1(C)c2ccccc2-c2cc(N(c3ccc(-c4ccccc4)cc3)C3C=Cc4c(oc5c4ccc4ccccc45)N3)ccc21. The summed E-state index contributed by atoms with van der Waals surface area (Å²) in [7, 11) is 0. The number of rotatable bonds is 4. The van der Waals surface area contributed by atoms with Gasteiger partial charge in [-0.15, -0.1) is 0 Å². The van der Waals surface area contributed by atoms with E-state index >= 15 is 0 Å². The van der Waals surface area contributed by atoms with Crippen molar-refractivity contribution in [1.82, 2.24) is 0 Å². The van der Waals surface area contributed by atoms with Crippen molar-refractivity contribution in [3.63, 3.8) is 0 Å². The first-order valence-corrected chi connectivity index (χ1v) is 15.6. The van der Waals surface area contributed by atoms with Gasteiger partial charge in [0.15, 0.2) is 0 Å². The van der Waals surface area contributed by atoms with Gasteiger partial charge in [-0.1, -0.05) is 117 Å². The van der Waals surface area contributed by atoms with E-state index in [9.17, 15) is 0 Å². The van der Waals surface area contributed by atoms with Gasteiger partial charge in [-0.3, -0.25) is 0 Å². The maximum atomic E-state index is 6.59. The summed E-state index contributed by atoms with van der Waals surface area (Å²) in [5.74, 6) is 0.799. The van der Waals surface area contributed by atoms with Crippen LogP contribution in [-0.4, -0.2) is 6.17 Å². The van der Waals surface area contributed by atoms with Gasteiger partial charge in [0.1, 0.15) is 11.7 Å². The molecule has 3 nitrogen and oxygen atoms in total. The molecule has 2 aliphatic rings. The fourth-order valence-electron chi connectivity index (χ4n) is 7.41. The molecule has 1 aliphatic carbocycles. The number of hydrogen-bond donors (Lipinski definition) is 1. The van der Waals surface area contributed by atoms with Crippen LogP contribution in [0.4, 0.5) is 17.3 Å². The molecule has 0 spiro atoms. The minimum atomic E-state index is -0.158. The van der Waals surface area contributed by atoms with E-state index in [1.54, 1.807) is 0 Å². The molecule has 0 fully saturated rings. The maximum absolute atomic E-state index is 6.59. The van der Waals surface area contributed by atoms with Gasteiger partial charge in [0.25, 0.3) is 0 Å². The Labute approximate surface area is 263 Å². The van der Waals surface area contributed by atoms with Crippen molar-refractivity contribution in [3.05, 3.63) is 156 Å². The predicted molar refractivity (Wildman–Crippen MR) is 188 cm³/mol. The van der Waals surface area contributed by atoms with Crippen LogP contribution in [0.2, 0.25) is 0 Å². The first-order valence-electron chi connectivity index (χ1n) is 15.6. The third kappa shape index (κ3) is 3.97. The second-order valence-corrected chi connectivity index (χ2v) is 12.6. The van der Waals surface area contributed by atoms with Crippen LogP contribution >= 0.6 is 0 Å². The molecule has 0 saturated carbocycles. The lowest BCUT2D eigenvalue weighted by Crippen LogP contribution is -2.37. The van der Waals surface area contributed by atoms with Crippen molar-refractivity contribution in [3.8, 4) is 22.3 Å². The van der Waals surface area contributed by atoms with Crippen molar-refractivity contribution in [2.75, 3.05) is 10.2 Å². The molecule has 7 aromatic rings. The van der Waals surface area contributed by atoms with Gasteiger partial charge < -0.3 is 14.6 Å². The third-order valence-corrected chi connectivity index (χ3v) is 9.72. The summed E-state index contributed by atoms with van der Waals surface area (Å²) in [4.78, 5) is 2.38. The van der Waals surface area contributed by atoms with Crippen molar-refractivity contribution in [1.29, 1.82) is 0 Å². The highest BCUT2D eigenvalue weighted by Gasteiger charge is 2.36. The first-order chi connectivity index (χ1) is 22.1. The number of anilines is 3. The molecule has 2 heterocycles. The van der Waals surface area contributed by atoms with E-state index in [-0.39, 0.29) is 11.6 Å². The summed E-state index contributed by atoms with van der Waals surface area (Å²) in [5, 5.41) is 7.20. The zero-order valence-electron chi connectivity index (χ0n) is 25.3. The van der Waals surface area contributed by atoms with Gasteiger partial charge in [-0.05, 0) is 81.3 Å². The molecule has 1 unspecified atom stereocenters. The minimum Gasteiger partial charge on any atom is -0.439 e. The summed E-state index contributed by atoms with van der Waals surface area (Å²) in [6.07, 6.45) is 4.31. The summed E-state index contributed by atoms with van der Waals surface area (Å²) >= 11 is 0. The largest absolute Gasteiger partial charge is 0.439 e. The van der Waals surface area contributed by atoms with E-state index in [0.717, 1.165) is 39.2 Å². The highest BCUT2D eigenvalue weighted by atomic mass is 16.4. The molecular weight excluding hydrogens is 548 g/mol. The average molecular weight is 581 g/mol. The van der Waals surface area contributed by atoms with Crippen LogP contribution in [0.15, 0.2) is 144 Å². The number of fused-ring (bicyclic) bond motifs is 8. The number of nitrogens with one attached hydrogen (secondary N) is 1. The van der Waals surface area contributed by atoms with E-state index in [2.05, 4.69) is 170 Å². The van der Waals surface area contributed by atoms with Crippen LogP contribution in [0.5, 0.6) is 0 Å². The molecule has 3 heteroatoms. The Morgan fingerprint density at radius 3 is 2.20 bits per heavy atom. The Hall–Kier alpha value is -5.54. The minimum absolute atomic E-state index is 0.0401. The van der Waals surface area contributed by atoms with E-state index < -0.39 is 0 Å². The van der Waals surface area contributed by atoms with Crippen LogP contribution in [0.3, 0.4) is 0 Å². The van der Waals surface area contributed by atoms with Crippen molar-refractivity contribution < 1.29 is 4.42 Å². The van der Waals surface area contributed by atoms with E-state index in [1.165, 1.54) is 38.8 Å². The monoisotopic (exact) mass is 580 g/mol. The lowest BCUT2D eigenvalue weighted by atomic mass is 9.82. The fraction of sp³-hybridized carbons (Fsp3) is 0.0952. The normalized spacial score (nSPS) is 15.8.